The van der Waals surface area contributed by atoms with Gasteiger partial charge in [-0.25, -0.2) is 4.79 Å². The topological polar surface area (TPSA) is 57.5 Å². The molecule has 108 valence electrons. The van der Waals surface area contributed by atoms with E-state index >= 15 is 0 Å². The maximum absolute atomic E-state index is 11.9. The fourth-order valence-corrected chi connectivity index (χ4v) is 2.36. The third-order valence-corrected chi connectivity index (χ3v) is 3.54. The fourth-order valence-electron chi connectivity index (χ4n) is 1.98. The van der Waals surface area contributed by atoms with E-state index in [2.05, 4.69) is 15.9 Å². The van der Waals surface area contributed by atoms with Crippen molar-refractivity contribution in [3.05, 3.63) is 44.5 Å². The van der Waals surface area contributed by atoms with Crippen LogP contribution < -0.4 is 5.56 Å². The van der Waals surface area contributed by atoms with Crippen molar-refractivity contribution < 1.29 is 14.3 Å². The number of esters is 1. The van der Waals surface area contributed by atoms with Crippen LogP contribution in [0.4, 0.5) is 0 Å². The van der Waals surface area contributed by atoms with E-state index in [0.717, 1.165) is 10.9 Å². The van der Waals surface area contributed by atoms with Crippen molar-refractivity contribution in [3.8, 4) is 0 Å². The molecule has 1 aliphatic rings. The summed E-state index contributed by atoms with van der Waals surface area (Å²) in [6, 6.07) is 3.14. The second kappa shape index (κ2) is 6.74. The van der Waals surface area contributed by atoms with Crippen LogP contribution >= 0.6 is 15.9 Å². The van der Waals surface area contributed by atoms with Crippen LogP contribution in [0.15, 0.2) is 38.9 Å². The average molecular weight is 342 g/mol. The number of aromatic nitrogens is 1. The summed E-state index contributed by atoms with van der Waals surface area (Å²) in [5, 5.41) is 0. The van der Waals surface area contributed by atoms with Crippen LogP contribution in [0.25, 0.3) is 0 Å². The maximum Gasteiger partial charge on any atom is 0.337 e. The predicted molar refractivity (Wildman–Crippen MR) is 77.2 cm³/mol. The number of nitrogens with zero attached hydrogens (tertiary/aromatic N) is 1. The summed E-state index contributed by atoms with van der Waals surface area (Å²) < 4.78 is 12.8. The Hall–Kier alpha value is -1.56. The van der Waals surface area contributed by atoms with Crippen LogP contribution in [-0.4, -0.2) is 23.8 Å². The van der Waals surface area contributed by atoms with Gasteiger partial charge in [-0.2, -0.15) is 0 Å². The van der Waals surface area contributed by atoms with Gasteiger partial charge in [0.2, 0.25) is 0 Å². The Balaban J connectivity index is 1.91. The molecule has 2 heterocycles. The van der Waals surface area contributed by atoms with Gasteiger partial charge in [-0.3, -0.25) is 4.79 Å². The van der Waals surface area contributed by atoms with E-state index in [4.69, 9.17) is 9.47 Å². The van der Waals surface area contributed by atoms with E-state index in [0.29, 0.717) is 30.9 Å². The SMILES string of the molecule is CC1=C(C(=O)OCCn2cc(Br)ccc2=O)CCCO1. The Morgan fingerprint density at radius 1 is 1.50 bits per heavy atom. The number of halogens is 1. The first kappa shape index (κ1) is 14.8. The highest BCUT2D eigenvalue weighted by Crippen LogP contribution is 2.19. The van der Waals surface area contributed by atoms with E-state index in [9.17, 15) is 9.59 Å². The number of carbonyl (C=O) groups excluding carboxylic acids is 1. The van der Waals surface area contributed by atoms with Gasteiger partial charge in [0, 0.05) is 16.7 Å². The van der Waals surface area contributed by atoms with Crippen LogP contribution in [0, 0.1) is 0 Å². The molecule has 0 atom stereocenters. The molecule has 0 spiro atoms. The molecule has 0 fully saturated rings. The minimum Gasteiger partial charge on any atom is -0.498 e. The number of carbonyl (C=O) groups is 1. The molecular weight excluding hydrogens is 326 g/mol. The van der Waals surface area contributed by atoms with Gasteiger partial charge in [-0.15, -0.1) is 0 Å². The van der Waals surface area contributed by atoms with Gasteiger partial charge in [-0.05, 0) is 41.8 Å². The summed E-state index contributed by atoms with van der Waals surface area (Å²) in [6.07, 6.45) is 3.18. The van der Waals surface area contributed by atoms with E-state index in [1.807, 2.05) is 0 Å². The van der Waals surface area contributed by atoms with Gasteiger partial charge in [0.15, 0.2) is 0 Å². The van der Waals surface area contributed by atoms with Gasteiger partial charge in [0.05, 0.1) is 18.7 Å². The molecular formula is C14H16BrNO4. The van der Waals surface area contributed by atoms with Crippen molar-refractivity contribution in [2.75, 3.05) is 13.2 Å². The Bertz CT molecular complexity index is 591. The lowest BCUT2D eigenvalue weighted by Crippen LogP contribution is -2.23. The van der Waals surface area contributed by atoms with Crippen molar-refractivity contribution >= 4 is 21.9 Å². The summed E-state index contributed by atoms with van der Waals surface area (Å²) >= 11 is 3.30. The molecule has 2 rings (SSSR count). The van der Waals surface area contributed by atoms with Crippen molar-refractivity contribution in [3.63, 3.8) is 0 Å². The summed E-state index contributed by atoms with van der Waals surface area (Å²) in [4.78, 5) is 23.5. The lowest BCUT2D eigenvalue weighted by molar-refractivity contribution is -0.140. The van der Waals surface area contributed by atoms with E-state index in [-0.39, 0.29) is 18.1 Å². The molecule has 1 aliphatic heterocycles. The molecule has 5 nitrogen and oxygen atoms in total. The molecule has 0 radical (unpaired) electrons. The molecule has 0 amide bonds. The minimum absolute atomic E-state index is 0.124. The molecule has 0 unspecified atom stereocenters. The first-order chi connectivity index (χ1) is 9.58. The third-order valence-electron chi connectivity index (χ3n) is 3.07. The van der Waals surface area contributed by atoms with Gasteiger partial charge in [-0.1, -0.05) is 0 Å². The second-order valence-electron chi connectivity index (χ2n) is 4.50. The molecule has 0 saturated carbocycles. The molecule has 0 N–H and O–H groups in total. The van der Waals surface area contributed by atoms with E-state index in [1.165, 1.54) is 10.6 Å². The Morgan fingerprint density at radius 3 is 3.05 bits per heavy atom. The van der Waals surface area contributed by atoms with Gasteiger partial charge < -0.3 is 14.0 Å². The Morgan fingerprint density at radius 2 is 2.30 bits per heavy atom. The van der Waals surface area contributed by atoms with Crippen molar-refractivity contribution in [1.82, 2.24) is 4.57 Å². The molecule has 0 saturated heterocycles. The zero-order chi connectivity index (χ0) is 14.5. The summed E-state index contributed by atoms with van der Waals surface area (Å²) in [5.41, 5.74) is 0.471. The normalized spacial score (nSPS) is 14.9. The van der Waals surface area contributed by atoms with Crippen LogP contribution in [0.3, 0.4) is 0 Å². The van der Waals surface area contributed by atoms with Crippen molar-refractivity contribution in [2.24, 2.45) is 0 Å². The monoisotopic (exact) mass is 341 g/mol. The Labute approximate surface area is 125 Å². The molecule has 0 aromatic carbocycles. The van der Waals surface area contributed by atoms with Crippen LogP contribution in [0.5, 0.6) is 0 Å². The van der Waals surface area contributed by atoms with Crippen molar-refractivity contribution in [2.45, 2.75) is 26.3 Å². The lowest BCUT2D eigenvalue weighted by Gasteiger charge is -2.17. The molecule has 20 heavy (non-hydrogen) atoms. The van der Waals surface area contributed by atoms with Crippen LogP contribution in [-0.2, 0) is 20.8 Å². The fraction of sp³-hybridized carbons (Fsp3) is 0.429. The largest absolute Gasteiger partial charge is 0.498 e. The standard InChI is InChI=1S/C14H16BrNO4/c1-10-12(3-2-7-19-10)14(18)20-8-6-16-9-11(15)4-5-13(16)17/h4-5,9H,2-3,6-8H2,1H3. The molecule has 1 aromatic heterocycles. The zero-order valence-electron chi connectivity index (χ0n) is 11.2. The number of hydrogen-bond donors (Lipinski definition) is 0. The van der Waals surface area contributed by atoms with Crippen molar-refractivity contribution in [1.29, 1.82) is 0 Å². The summed E-state index contributed by atoms with van der Waals surface area (Å²) in [7, 11) is 0. The predicted octanol–water partition coefficient (Wildman–Crippen LogP) is 2.24. The Kier molecular flexibility index (Phi) is 5.00. The van der Waals surface area contributed by atoms with Crippen LogP contribution in [0.2, 0.25) is 0 Å². The van der Waals surface area contributed by atoms with Gasteiger partial charge >= 0.3 is 5.97 Å². The molecule has 1 aromatic rings. The number of hydrogen-bond acceptors (Lipinski definition) is 4. The molecule has 0 aliphatic carbocycles. The second-order valence-corrected chi connectivity index (χ2v) is 5.42. The maximum atomic E-state index is 11.9. The highest BCUT2D eigenvalue weighted by Gasteiger charge is 2.18. The average Bonchev–Trinajstić information content (AvgIpc) is 2.43. The number of rotatable bonds is 4. The van der Waals surface area contributed by atoms with Crippen LogP contribution in [0.1, 0.15) is 19.8 Å². The van der Waals surface area contributed by atoms with Gasteiger partial charge in [0.25, 0.3) is 5.56 Å². The highest BCUT2D eigenvalue weighted by molar-refractivity contribution is 9.10. The number of ether oxygens (including phenoxy) is 2. The lowest BCUT2D eigenvalue weighted by atomic mass is 10.1. The zero-order valence-corrected chi connectivity index (χ0v) is 12.8. The highest BCUT2D eigenvalue weighted by atomic mass is 79.9. The number of pyridine rings is 1. The quantitative estimate of drug-likeness (QED) is 0.788. The van der Waals surface area contributed by atoms with E-state index in [1.54, 1.807) is 19.2 Å². The number of allylic oxidation sites excluding steroid dienone is 1. The van der Waals surface area contributed by atoms with E-state index < -0.39 is 0 Å². The molecule has 6 heteroatoms. The third kappa shape index (κ3) is 3.72. The summed E-state index contributed by atoms with van der Waals surface area (Å²) in [6.45, 7) is 2.91. The minimum atomic E-state index is -0.356. The summed E-state index contributed by atoms with van der Waals surface area (Å²) in [5.74, 6) is 0.283. The molecule has 0 bridgehead atoms. The smallest absolute Gasteiger partial charge is 0.337 e. The first-order valence-electron chi connectivity index (χ1n) is 6.43. The first-order valence-corrected chi connectivity index (χ1v) is 7.23. The van der Waals surface area contributed by atoms with Gasteiger partial charge in [0.1, 0.15) is 12.4 Å².